The number of rotatable bonds is 4. The van der Waals surface area contributed by atoms with E-state index in [-0.39, 0.29) is 18.8 Å². The summed E-state index contributed by atoms with van der Waals surface area (Å²) < 4.78 is 0. The molecule has 0 aliphatic heterocycles. The van der Waals surface area contributed by atoms with Crippen molar-refractivity contribution in [2.75, 3.05) is 0 Å². The Bertz CT molecular complexity index is 241. The van der Waals surface area contributed by atoms with Crippen LogP contribution in [0.3, 0.4) is 0 Å². The van der Waals surface area contributed by atoms with Gasteiger partial charge in [0, 0.05) is 12.8 Å². The van der Waals surface area contributed by atoms with Gasteiger partial charge in [0.2, 0.25) is 11.8 Å². The third kappa shape index (κ3) is 6.89. The lowest BCUT2D eigenvalue weighted by Crippen LogP contribution is -2.44. The second-order valence-corrected chi connectivity index (χ2v) is 3.02. The van der Waals surface area contributed by atoms with E-state index >= 15 is 0 Å². The lowest BCUT2D eigenvalue weighted by Gasteiger charge is -2.09. The van der Waals surface area contributed by atoms with Crippen molar-refractivity contribution < 1.29 is 14.4 Å². The summed E-state index contributed by atoms with van der Waals surface area (Å²) in [5, 5.41) is 0. The van der Waals surface area contributed by atoms with Crippen molar-refractivity contribution in [3.05, 3.63) is 0 Å². The zero-order chi connectivity index (χ0) is 11.1. The van der Waals surface area contributed by atoms with Gasteiger partial charge in [-0.05, 0) is 5.92 Å². The van der Waals surface area contributed by atoms with Gasteiger partial charge in [0.25, 0.3) is 0 Å². The molecule has 0 aliphatic carbocycles. The zero-order valence-electron chi connectivity index (χ0n) is 7.87. The molecule has 0 heterocycles. The van der Waals surface area contributed by atoms with Gasteiger partial charge in [0.15, 0.2) is 0 Å². The average molecular weight is 202 g/mol. The number of carbonyl (C=O) groups excluding carboxylic acids is 3. The van der Waals surface area contributed by atoms with Crippen molar-refractivity contribution in [3.8, 4) is 0 Å². The van der Waals surface area contributed by atoms with Gasteiger partial charge < -0.3 is 11.5 Å². The minimum absolute atomic E-state index is 0.100. The number of urea groups is 1. The van der Waals surface area contributed by atoms with Gasteiger partial charge >= 0.3 is 6.03 Å². The summed E-state index contributed by atoms with van der Waals surface area (Å²) in [5.41, 5.74) is 13.6. The van der Waals surface area contributed by atoms with E-state index in [1.54, 1.807) is 6.92 Å². The second-order valence-electron chi connectivity index (χ2n) is 3.02. The van der Waals surface area contributed by atoms with E-state index in [1.165, 1.54) is 0 Å². The number of amides is 4. The second kappa shape index (κ2) is 5.79. The van der Waals surface area contributed by atoms with E-state index in [2.05, 4.69) is 5.43 Å². The maximum absolute atomic E-state index is 11.0. The van der Waals surface area contributed by atoms with Gasteiger partial charge in [-0.1, -0.05) is 6.92 Å². The van der Waals surface area contributed by atoms with Crippen LogP contribution in [0.25, 0.3) is 0 Å². The van der Waals surface area contributed by atoms with Crippen LogP contribution in [0.1, 0.15) is 19.8 Å². The maximum Gasteiger partial charge on any atom is 0.330 e. The fourth-order valence-corrected chi connectivity index (χ4v) is 0.914. The Hall–Kier alpha value is -1.79. The molecule has 0 bridgehead atoms. The van der Waals surface area contributed by atoms with Crippen LogP contribution in [-0.4, -0.2) is 17.8 Å². The van der Waals surface area contributed by atoms with Gasteiger partial charge in [-0.15, -0.1) is 0 Å². The van der Waals surface area contributed by atoms with Crippen molar-refractivity contribution in [2.45, 2.75) is 19.8 Å². The summed E-state index contributed by atoms with van der Waals surface area (Å²) in [7, 11) is 0. The van der Waals surface area contributed by atoms with Crippen LogP contribution in [-0.2, 0) is 9.59 Å². The summed E-state index contributed by atoms with van der Waals surface area (Å²) in [6.07, 6.45) is 0.229. The highest BCUT2D eigenvalue weighted by atomic mass is 16.2. The van der Waals surface area contributed by atoms with Gasteiger partial charge in [-0.25, -0.2) is 10.2 Å². The van der Waals surface area contributed by atoms with Crippen molar-refractivity contribution in [2.24, 2.45) is 17.4 Å². The Morgan fingerprint density at radius 2 is 1.71 bits per heavy atom. The average Bonchev–Trinajstić information content (AvgIpc) is 1.98. The fraction of sp³-hybridized carbons (Fsp3) is 0.571. The molecule has 1 atom stereocenters. The lowest BCUT2D eigenvalue weighted by atomic mass is 10.0. The number of nitrogens with one attached hydrogen (secondary N) is 2. The quantitative estimate of drug-likeness (QED) is 0.418. The van der Waals surface area contributed by atoms with E-state index < -0.39 is 17.8 Å². The molecule has 0 aromatic heterocycles. The molecular weight excluding hydrogens is 188 g/mol. The minimum atomic E-state index is -0.846. The van der Waals surface area contributed by atoms with Crippen molar-refractivity contribution in [1.82, 2.24) is 10.9 Å². The summed E-state index contributed by atoms with van der Waals surface area (Å²) >= 11 is 0. The summed E-state index contributed by atoms with van der Waals surface area (Å²) in [5.74, 6) is -1.05. The Balaban J connectivity index is 3.71. The number of hydrazine groups is 1. The highest BCUT2D eigenvalue weighted by Crippen LogP contribution is 2.05. The van der Waals surface area contributed by atoms with Crippen LogP contribution in [0.2, 0.25) is 0 Å². The van der Waals surface area contributed by atoms with Crippen LogP contribution in [0, 0.1) is 5.92 Å². The number of primary amides is 2. The van der Waals surface area contributed by atoms with Crippen molar-refractivity contribution in [3.63, 3.8) is 0 Å². The normalized spacial score (nSPS) is 11.5. The van der Waals surface area contributed by atoms with Crippen LogP contribution < -0.4 is 22.3 Å². The molecule has 0 aromatic rings. The number of hydrogen-bond acceptors (Lipinski definition) is 3. The van der Waals surface area contributed by atoms with Crippen LogP contribution in [0.4, 0.5) is 4.79 Å². The molecule has 4 amide bonds. The molecular formula is C7H14N4O3. The first-order valence-electron chi connectivity index (χ1n) is 4.04. The first kappa shape index (κ1) is 12.2. The van der Waals surface area contributed by atoms with E-state index in [0.29, 0.717) is 0 Å². The van der Waals surface area contributed by atoms with Gasteiger partial charge in [-0.2, -0.15) is 0 Å². The van der Waals surface area contributed by atoms with Gasteiger partial charge in [0.1, 0.15) is 0 Å². The molecule has 0 radical (unpaired) electrons. The molecule has 0 saturated heterocycles. The van der Waals surface area contributed by atoms with Crippen LogP contribution in [0.5, 0.6) is 0 Å². The molecule has 7 nitrogen and oxygen atoms in total. The third-order valence-corrected chi connectivity index (χ3v) is 1.41. The number of nitrogens with two attached hydrogens (primary N) is 2. The standard InChI is InChI=1S/C7H14N4O3/c1-4(2-5(8)12)3-6(13)10-11-7(9)14/h4H,2-3H2,1H3,(H2,8,12)(H,10,13)(H3,9,11,14)/t4-/m1/s1. The number of hydrogen-bond donors (Lipinski definition) is 4. The number of carbonyl (C=O) groups is 3. The monoisotopic (exact) mass is 202 g/mol. The Morgan fingerprint density at radius 3 is 2.14 bits per heavy atom. The Morgan fingerprint density at radius 1 is 1.14 bits per heavy atom. The molecule has 6 N–H and O–H groups in total. The van der Waals surface area contributed by atoms with Gasteiger partial charge in [0.05, 0.1) is 0 Å². The summed E-state index contributed by atoms with van der Waals surface area (Å²) in [6.45, 7) is 1.70. The lowest BCUT2D eigenvalue weighted by molar-refractivity contribution is -0.123. The molecule has 0 rings (SSSR count). The SMILES string of the molecule is C[C@H](CC(N)=O)CC(=O)NNC(N)=O. The van der Waals surface area contributed by atoms with Crippen LogP contribution >= 0.6 is 0 Å². The molecule has 7 heteroatoms. The predicted molar refractivity (Wildman–Crippen MR) is 48.5 cm³/mol. The largest absolute Gasteiger partial charge is 0.370 e. The van der Waals surface area contributed by atoms with E-state index in [4.69, 9.17) is 11.5 Å². The fourth-order valence-electron chi connectivity index (χ4n) is 0.914. The first-order valence-corrected chi connectivity index (χ1v) is 4.04. The van der Waals surface area contributed by atoms with Crippen molar-refractivity contribution >= 4 is 17.8 Å². The molecule has 0 fully saturated rings. The summed E-state index contributed by atoms with van der Waals surface area (Å²) in [4.78, 5) is 31.7. The molecule has 80 valence electrons. The highest BCUT2D eigenvalue weighted by Gasteiger charge is 2.11. The van der Waals surface area contributed by atoms with E-state index in [9.17, 15) is 14.4 Å². The van der Waals surface area contributed by atoms with Crippen LogP contribution in [0.15, 0.2) is 0 Å². The Kier molecular flexibility index (Phi) is 5.05. The van der Waals surface area contributed by atoms with E-state index in [0.717, 1.165) is 0 Å². The topological polar surface area (TPSA) is 127 Å². The first-order chi connectivity index (χ1) is 6.41. The predicted octanol–water partition coefficient (Wildman–Crippen LogP) is -1.41. The van der Waals surface area contributed by atoms with Crippen molar-refractivity contribution in [1.29, 1.82) is 0 Å². The van der Waals surface area contributed by atoms with E-state index in [1.807, 2.05) is 5.43 Å². The molecule has 0 aromatic carbocycles. The Labute approximate surface area is 81.2 Å². The molecule has 14 heavy (non-hydrogen) atoms. The third-order valence-electron chi connectivity index (χ3n) is 1.41. The summed E-state index contributed by atoms with van der Waals surface area (Å²) in [6, 6.07) is -0.846. The molecule has 0 unspecified atom stereocenters. The highest BCUT2D eigenvalue weighted by molar-refractivity contribution is 5.81. The smallest absolute Gasteiger partial charge is 0.330 e. The zero-order valence-corrected chi connectivity index (χ0v) is 7.87. The molecule has 0 spiro atoms. The van der Waals surface area contributed by atoms with Gasteiger partial charge in [-0.3, -0.25) is 15.0 Å². The molecule has 0 aliphatic rings. The minimum Gasteiger partial charge on any atom is -0.370 e. The maximum atomic E-state index is 11.0. The molecule has 0 saturated carbocycles.